The zero-order chi connectivity index (χ0) is 18.6. The lowest BCUT2D eigenvalue weighted by Crippen LogP contribution is -2.49. The second-order valence-corrected chi connectivity index (χ2v) is 7.54. The molecule has 0 saturated carbocycles. The number of hydrogen-bond acceptors (Lipinski definition) is 6. The Morgan fingerprint density at radius 1 is 1.24 bits per heavy atom. The van der Waals surface area contributed by atoms with Crippen LogP contribution in [0.1, 0.15) is 0 Å². The van der Waals surface area contributed by atoms with Gasteiger partial charge in [-0.05, 0) is 0 Å². The molecule has 140 valence electrons. The number of amides is 1. The lowest BCUT2D eigenvalue weighted by Gasteiger charge is -2.29. The summed E-state index contributed by atoms with van der Waals surface area (Å²) in [6.07, 6.45) is 0. The Morgan fingerprint density at radius 3 is 2.36 bits per heavy atom. The van der Waals surface area contributed by atoms with Gasteiger partial charge in [0.2, 0.25) is 15.9 Å². The number of nitrogens with one attached hydrogen (secondary N) is 1. The van der Waals surface area contributed by atoms with Gasteiger partial charge in [0.05, 0.1) is 20.8 Å². The van der Waals surface area contributed by atoms with Crippen molar-refractivity contribution in [3.8, 4) is 11.5 Å². The first-order valence-electron chi connectivity index (χ1n) is 7.67. The molecule has 2 rings (SSSR count). The Morgan fingerprint density at radius 2 is 1.80 bits per heavy atom. The molecule has 0 atom stereocenters. The highest BCUT2D eigenvalue weighted by molar-refractivity contribution is 7.89. The molecule has 0 radical (unpaired) electrons. The van der Waals surface area contributed by atoms with Crippen molar-refractivity contribution in [2.75, 3.05) is 54.0 Å². The minimum absolute atomic E-state index is 0.0819. The molecule has 1 aliphatic rings. The fourth-order valence-electron chi connectivity index (χ4n) is 2.49. The molecular weight excluding hydrogens is 353 g/mol. The maximum atomic E-state index is 14.3. The van der Waals surface area contributed by atoms with Gasteiger partial charge in [-0.1, -0.05) is 0 Å². The fraction of sp³-hybridized carbons (Fsp3) is 0.533. The van der Waals surface area contributed by atoms with Gasteiger partial charge in [-0.15, -0.1) is 0 Å². The Bertz CT molecular complexity index is 735. The minimum Gasteiger partial charge on any atom is -0.493 e. The highest BCUT2D eigenvalue weighted by atomic mass is 32.2. The molecule has 0 unspecified atom stereocenters. The summed E-state index contributed by atoms with van der Waals surface area (Å²) in [5, 5.41) is 3.11. The smallest absolute Gasteiger partial charge is 0.246 e. The second kappa shape index (κ2) is 7.98. The van der Waals surface area contributed by atoms with Crippen molar-refractivity contribution in [2.45, 2.75) is 4.90 Å². The molecule has 0 bridgehead atoms. The number of benzene rings is 1. The number of nitrogens with zero attached hydrogens (tertiary/aromatic N) is 2. The number of hydrogen-bond donors (Lipinski definition) is 1. The van der Waals surface area contributed by atoms with E-state index in [0.29, 0.717) is 26.2 Å². The number of rotatable bonds is 6. The van der Waals surface area contributed by atoms with Gasteiger partial charge in [-0.25, -0.2) is 12.8 Å². The van der Waals surface area contributed by atoms with E-state index >= 15 is 0 Å². The van der Waals surface area contributed by atoms with E-state index in [-0.39, 0.29) is 24.0 Å². The predicted molar refractivity (Wildman–Crippen MR) is 88.8 cm³/mol. The standard InChI is InChI=1S/C15H22FN3O5S/c1-18(10-15(20)19-6-4-17-5-7-19)25(21,22)14-9-13(24-3)12(23-2)8-11(14)16/h8-9,17H,4-7,10H2,1-3H3. The van der Waals surface area contributed by atoms with E-state index in [1.165, 1.54) is 21.3 Å². The fourth-order valence-corrected chi connectivity index (χ4v) is 3.67. The summed E-state index contributed by atoms with van der Waals surface area (Å²) in [6, 6.07) is 1.99. The number of piperazine rings is 1. The summed E-state index contributed by atoms with van der Waals surface area (Å²) >= 11 is 0. The Labute approximate surface area is 146 Å². The molecule has 0 aliphatic carbocycles. The second-order valence-electron chi connectivity index (χ2n) is 5.53. The van der Waals surface area contributed by atoms with Crippen LogP contribution in [0.5, 0.6) is 11.5 Å². The van der Waals surface area contributed by atoms with Gasteiger partial charge in [-0.2, -0.15) is 4.31 Å². The normalized spacial score (nSPS) is 15.3. The van der Waals surface area contributed by atoms with E-state index in [9.17, 15) is 17.6 Å². The van der Waals surface area contributed by atoms with Gasteiger partial charge >= 0.3 is 0 Å². The number of halogens is 1. The van der Waals surface area contributed by atoms with E-state index in [1.54, 1.807) is 4.90 Å². The van der Waals surface area contributed by atoms with E-state index in [4.69, 9.17) is 9.47 Å². The van der Waals surface area contributed by atoms with E-state index in [1.807, 2.05) is 0 Å². The lowest BCUT2D eigenvalue weighted by atomic mass is 10.3. The highest BCUT2D eigenvalue weighted by Crippen LogP contribution is 2.32. The van der Waals surface area contributed by atoms with Gasteiger partial charge in [0.15, 0.2) is 11.5 Å². The molecule has 1 aromatic rings. The van der Waals surface area contributed by atoms with Crippen LogP contribution in [0.2, 0.25) is 0 Å². The molecule has 10 heteroatoms. The zero-order valence-electron chi connectivity index (χ0n) is 14.4. The lowest BCUT2D eigenvalue weighted by molar-refractivity contribution is -0.131. The van der Waals surface area contributed by atoms with Crippen LogP contribution < -0.4 is 14.8 Å². The number of carbonyl (C=O) groups is 1. The maximum Gasteiger partial charge on any atom is 0.246 e. The van der Waals surface area contributed by atoms with Crippen molar-refractivity contribution in [3.63, 3.8) is 0 Å². The molecule has 25 heavy (non-hydrogen) atoms. The van der Waals surface area contributed by atoms with Crippen LogP contribution in [0.4, 0.5) is 4.39 Å². The molecule has 1 aliphatic heterocycles. The molecular formula is C15H22FN3O5S. The van der Waals surface area contributed by atoms with Gasteiger partial charge in [0.25, 0.3) is 0 Å². The summed E-state index contributed by atoms with van der Waals surface area (Å²) < 4.78 is 50.4. The van der Waals surface area contributed by atoms with Crippen LogP contribution in [-0.2, 0) is 14.8 Å². The number of ether oxygens (including phenoxy) is 2. The first kappa shape index (κ1) is 19.4. The van der Waals surface area contributed by atoms with Crippen molar-refractivity contribution < 1.29 is 27.1 Å². The summed E-state index contributed by atoms with van der Waals surface area (Å²) in [6.45, 7) is 1.98. The molecule has 1 N–H and O–H groups in total. The van der Waals surface area contributed by atoms with Crippen molar-refractivity contribution in [3.05, 3.63) is 17.9 Å². The summed E-state index contributed by atoms with van der Waals surface area (Å²) in [5.74, 6) is -1.13. The summed E-state index contributed by atoms with van der Waals surface area (Å²) in [4.78, 5) is 13.3. The van der Waals surface area contributed by atoms with E-state index in [0.717, 1.165) is 16.4 Å². The molecule has 0 aromatic heterocycles. The summed E-state index contributed by atoms with van der Waals surface area (Å²) in [7, 11) is -0.313. The first-order valence-corrected chi connectivity index (χ1v) is 9.11. The Hall–Kier alpha value is -1.91. The average Bonchev–Trinajstić information content (AvgIpc) is 2.61. The first-order chi connectivity index (χ1) is 11.8. The van der Waals surface area contributed by atoms with E-state index in [2.05, 4.69) is 5.32 Å². The van der Waals surface area contributed by atoms with Gasteiger partial charge in [-0.3, -0.25) is 4.79 Å². The monoisotopic (exact) mass is 375 g/mol. The predicted octanol–water partition coefficient (Wildman–Crippen LogP) is -0.105. The number of carbonyl (C=O) groups excluding carboxylic acids is 1. The molecule has 1 fully saturated rings. The Kier molecular flexibility index (Phi) is 6.20. The van der Waals surface area contributed by atoms with Crippen LogP contribution in [0.15, 0.2) is 17.0 Å². The average molecular weight is 375 g/mol. The minimum atomic E-state index is -4.20. The number of sulfonamides is 1. The number of likely N-dealkylation sites (N-methyl/N-ethyl adjacent to an activating group) is 1. The van der Waals surface area contributed by atoms with Crippen LogP contribution in [0.3, 0.4) is 0 Å². The van der Waals surface area contributed by atoms with Crippen LogP contribution >= 0.6 is 0 Å². The molecule has 1 amide bonds. The van der Waals surface area contributed by atoms with Gasteiger partial charge in [0.1, 0.15) is 10.7 Å². The van der Waals surface area contributed by atoms with Crippen LogP contribution in [0.25, 0.3) is 0 Å². The van der Waals surface area contributed by atoms with Crippen molar-refractivity contribution in [1.82, 2.24) is 14.5 Å². The molecule has 0 spiro atoms. The van der Waals surface area contributed by atoms with Gasteiger partial charge < -0.3 is 19.7 Å². The third-order valence-electron chi connectivity index (χ3n) is 3.95. The SMILES string of the molecule is COc1cc(F)c(S(=O)(=O)N(C)CC(=O)N2CCNCC2)cc1OC. The Balaban J connectivity index is 2.23. The van der Waals surface area contributed by atoms with Crippen LogP contribution in [-0.4, -0.2) is 77.5 Å². The van der Waals surface area contributed by atoms with Crippen LogP contribution in [0, 0.1) is 5.82 Å². The third-order valence-corrected chi connectivity index (χ3v) is 5.77. The molecule has 1 aromatic carbocycles. The maximum absolute atomic E-state index is 14.3. The summed E-state index contributed by atoms with van der Waals surface area (Å²) in [5.41, 5.74) is 0. The zero-order valence-corrected chi connectivity index (χ0v) is 15.2. The molecule has 1 heterocycles. The molecule has 1 saturated heterocycles. The van der Waals surface area contributed by atoms with Gasteiger partial charge in [0, 0.05) is 45.4 Å². The van der Waals surface area contributed by atoms with Crippen molar-refractivity contribution in [1.29, 1.82) is 0 Å². The highest BCUT2D eigenvalue weighted by Gasteiger charge is 2.29. The largest absolute Gasteiger partial charge is 0.493 e. The molecule has 8 nitrogen and oxygen atoms in total. The quantitative estimate of drug-likeness (QED) is 0.747. The van der Waals surface area contributed by atoms with Crippen molar-refractivity contribution in [2.24, 2.45) is 0 Å². The van der Waals surface area contributed by atoms with Crippen molar-refractivity contribution >= 4 is 15.9 Å². The third kappa shape index (κ3) is 4.20. The topological polar surface area (TPSA) is 88.2 Å². The van der Waals surface area contributed by atoms with E-state index < -0.39 is 20.7 Å². The number of methoxy groups -OCH3 is 2.